The van der Waals surface area contributed by atoms with Crippen LogP contribution in [0.5, 0.6) is 6.01 Å². The Morgan fingerprint density at radius 2 is 1.94 bits per heavy atom. The van der Waals surface area contributed by atoms with Crippen LogP contribution in [0, 0.1) is 0 Å². The molecule has 0 aliphatic heterocycles. The van der Waals surface area contributed by atoms with Crippen molar-refractivity contribution in [3.63, 3.8) is 0 Å². The normalized spacial score (nSPS) is 10.7. The summed E-state index contributed by atoms with van der Waals surface area (Å²) in [6.45, 7) is 9.01. The summed E-state index contributed by atoms with van der Waals surface area (Å²) >= 11 is 1.63. The Morgan fingerprint density at radius 1 is 1.17 bits per heavy atom. The molecular formula is C12H22N4OS. The van der Waals surface area contributed by atoms with Gasteiger partial charge in [-0.3, -0.25) is 0 Å². The number of ether oxygens (including phenoxy) is 1. The fourth-order valence-corrected chi connectivity index (χ4v) is 1.86. The number of aromatic nitrogens is 3. The molecule has 0 bridgehead atoms. The molecule has 0 amide bonds. The van der Waals surface area contributed by atoms with Crippen LogP contribution in [-0.4, -0.2) is 33.4 Å². The summed E-state index contributed by atoms with van der Waals surface area (Å²) in [5.41, 5.74) is 0. The molecule has 0 aliphatic rings. The van der Waals surface area contributed by atoms with Gasteiger partial charge in [0.05, 0.1) is 6.10 Å². The van der Waals surface area contributed by atoms with Gasteiger partial charge in [0.1, 0.15) is 0 Å². The van der Waals surface area contributed by atoms with E-state index in [1.54, 1.807) is 11.8 Å². The Kier molecular flexibility index (Phi) is 6.78. The van der Waals surface area contributed by atoms with Gasteiger partial charge in [-0.15, -0.1) is 0 Å². The second-order valence-corrected chi connectivity index (χ2v) is 5.23. The highest BCUT2D eigenvalue weighted by Crippen LogP contribution is 2.18. The summed E-state index contributed by atoms with van der Waals surface area (Å²) in [6.07, 6.45) is 2.19. The third kappa shape index (κ3) is 5.53. The molecule has 0 aromatic carbocycles. The number of hydrogen-bond donors (Lipinski definition) is 1. The van der Waals surface area contributed by atoms with E-state index < -0.39 is 0 Å². The zero-order valence-electron chi connectivity index (χ0n) is 11.6. The van der Waals surface area contributed by atoms with Crippen LogP contribution in [0.2, 0.25) is 0 Å². The molecule has 0 unspecified atom stereocenters. The lowest BCUT2D eigenvalue weighted by molar-refractivity contribution is 0.219. The second-order valence-electron chi connectivity index (χ2n) is 4.17. The van der Waals surface area contributed by atoms with E-state index in [0.717, 1.165) is 30.3 Å². The van der Waals surface area contributed by atoms with Crippen LogP contribution < -0.4 is 10.1 Å². The van der Waals surface area contributed by atoms with Crippen molar-refractivity contribution in [2.75, 3.05) is 17.6 Å². The molecule has 0 radical (unpaired) electrons. The Morgan fingerprint density at radius 3 is 2.56 bits per heavy atom. The van der Waals surface area contributed by atoms with E-state index in [9.17, 15) is 0 Å². The Bertz CT molecular complexity index is 334. The number of hydrogen-bond acceptors (Lipinski definition) is 6. The van der Waals surface area contributed by atoms with Gasteiger partial charge < -0.3 is 10.1 Å². The van der Waals surface area contributed by atoms with E-state index in [0.29, 0.717) is 12.0 Å². The van der Waals surface area contributed by atoms with E-state index in [1.165, 1.54) is 0 Å². The van der Waals surface area contributed by atoms with Crippen molar-refractivity contribution in [2.24, 2.45) is 0 Å². The fourth-order valence-electron chi connectivity index (χ4n) is 1.18. The van der Waals surface area contributed by atoms with Gasteiger partial charge in [-0.1, -0.05) is 25.6 Å². The fraction of sp³-hybridized carbons (Fsp3) is 0.750. The van der Waals surface area contributed by atoms with Crippen molar-refractivity contribution in [1.29, 1.82) is 0 Å². The number of thioether (sulfide) groups is 1. The molecule has 0 fully saturated rings. The average molecular weight is 270 g/mol. The standard InChI is InChI=1S/C12H22N4OS/c1-5-7-13-10-14-11(17-9(3)4)16-12(15-10)18-8-6-2/h9H,5-8H2,1-4H3,(H,13,14,15,16). The Labute approximate surface area is 113 Å². The summed E-state index contributed by atoms with van der Waals surface area (Å²) in [7, 11) is 0. The van der Waals surface area contributed by atoms with Crippen LogP contribution in [0.25, 0.3) is 0 Å². The number of nitrogens with zero attached hydrogens (tertiary/aromatic N) is 3. The third-order valence-corrected chi connectivity index (χ3v) is 2.96. The first kappa shape index (κ1) is 15.0. The van der Waals surface area contributed by atoms with Gasteiger partial charge in [0.25, 0.3) is 0 Å². The topological polar surface area (TPSA) is 59.9 Å². The van der Waals surface area contributed by atoms with Gasteiger partial charge in [-0.25, -0.2) is 0 Å². The molecule has 18 heavy (non-hydrogen) atoms. The van der Waals surface area contributed by atoms with Crippen LogP contribution >= 0.6 is 11.8 Å². The highest BCUT2D eigenvalue weighted by Gasteiger charge is 2.08. The monoisotopic (exact) mass is 270 g/mol. The lowest BCUT2D eigenvalue weighted by atomic mass is 10.5. The predicted octanol–water partition coefficient (Wildman–Crippen LogP) is 2.98. The van der Waals surface area contributed by atoms with Crippen molar-refractivity contribution < 1.29 is 4.74 Å². The quantitative estimate of drug-likeness (QED) is 0.733. The molecule has 0 atom stereocenters. The van der Waals surface area contributed by atoms with Crippen molar-refractivity contribution in [3.8, 4) is 6.01 Å². The maximum Gasteiger partial charge on any atom is 0.322 e. The molecule has 1 aromatic heterocycles. The molecule has 1 rings (SSSR count). The van der Waals surface area contributed by atoms with E-state index in [1.807, 2.05) is 13.8 Å². The zero-order chi connectivity index (χ0) is 13.4. The van der Waals surface area contributed by atoms with Gasteiger partial charge >= 0.3 is 6.01 Å². The Hall–Kier alpha value is -1.04. The maximum atomic E-state index is 5.54. The predicted molar refractivity (Wildman–Crippen MR) is 75.4 cm³/mol. The summed E-state index contributed by atoms with van der Waals surface area (Å²) in [5, 5.41) is 3.89. The first-order valence-electron chi connectivity index (χ1n) is 6.45. The SMILES string of the molecule is CCCNc1nc(OC(C)C)nc(SCCC)n1. The molecule has 0 saturated carbocycles. The van der Waals surface area contributed by atoms with E-state index in [4.69, 9.17) is 4.74 Å². The smallest absolute Gasteiger partial charge is 0.322 e. The molecule has 102 valence electrons. The second kappa shape index (κ2) is 8.13. The number of rotatable bonds is 8. The van der Waals surface area contributed by atoms with Gasteiger partial charge in [0, 0.05) is 12.3 Å². The van der Waals surface area contributed by atoms with Crippen LogP contribution in [-0.2, 0) is 0 Å². The highest BCUT2D eigenvalue weighted by molar-refractivity contribution is 7.99. The molecule has 6 heteroatoms. The summed E-state index contributed by atoms with van der Waals surface area (Å²) in [4.78, 5) is 12.9. The molecule has 5 nitrogen and oxygen atoms in total. The van der Waals surface area contributed by atoms with Crippen molar-refractivity contribution in [2.45, 2.75) is 51.8 Å². The molecule has 0 aliphatic carbocycles. The number of nitrogens with one attached hydrogen (secondary N) is 1. The lowest BCUT2D eigenvalue weighted by Gasteiger charge is -2.10. The minimum Gasteiger partial charge on any atom is -0.461 e. The first-order valence-corrected chi connectivity index (χ1v) is 7.43. The zero-order valence-corrected chi connectivity index (χ0v) is 12.4. The van der Waals surface area contributed by atoms with Crippen LogP contribution in [0.15, 0.2) is 5.16 Å². The summed E-state index contributed by atoms with van der Waals surface area (Å²) in [6, 6.07) is 0.400. The maximum absolute atomic E-state index is 5.54. The molecule has 0 spiro atoms. The minimum atomic E-state index is 0.0652. The lowest BCUT2D eigenvalue weighted by Crippen LogP contribution is -2.12. The Balaban J connectivity index is 2.81. The first-order chi connectivity index (χ1) is 8.65. The van der Waals surface area contributed by atoms with E-state index >= 15 is 0 Å². The summed E-state index contributed by atoms with van der Waals surface area (Å²) in [5.74, 6) is 1.60. The van der Waals surface area contributed by atoms with Crippen LogP contribution in [0.1, 0.15) is 40.5 Å². The van der Waals surface area contributed by atoms with Crippen molar-refractivity contribution in [1.82, 2.24) is 15.0 Å². The van der Waals surface area contributed by atoms with Crippen LogP contribution in [0.3, 0.4) is 0 Å². The molecule has 1 aromatic rings. The number of anilines is 1. The molecular weight excluding hydrogens is 248 g/mol. The average Bonchev–Trinajstić information content (AvgIpc) is 2.33. The minimum absolute atomic E-state index is 0.0652. The van der Waals surface area contributed by atoms with Crippen molar-refractivity contribution in [3.05, 3.63) is 0 Å². The van der Waals surface area contributed by atoms with Crippen LogP contribution in [0.4, 0.5) is 5.95 Å². The van der Waals surface area contributed by atoms with Gasteiger partial charge in [-0.2, -0.15) is 15.0 Å². The summed E-state index contributed by atoms with van der Waals surface area (Å²) < 4.78 is 5.54. The molecule has 0 saturated heterocycles. The van der Waals surface area contributed by atoms with Gasteiger partial charge in [0.15, 0.2) is 5.16 Å². The molecule has 1 heterocycles. The molecule has 1 N–H and O–H groups in total. The third-order valence-electron chi connectivity index (χ3n) is 1.90. The van der Waals surface area contributed by atoms with Gasteiger partial charge in [0.2, 0.25) is 5.95 Å². The van der Waals surface area contributed by atoms with Gasteiger partial charge in [-0.05, 0) is 26.7 Å². The van der Waals surface area contributed by atoms with E-state index in [2.05, 4.69) is 34.1 Å². The largest absolute Gasteiger partial charge is 0.461 e. The van der Waals surface area contributed by atoms with E-state index in [-0.39, 0.29) is 6.10 Å². The van der Waals surface area contributed by atoms with Crippen molar-refractivity contribution >= 4 is 17.7 Å². The highest BCUT2D eigenvalue weighted by atomic mass is 32.2.